The van der Waals surface area contributed by atoms with E-state index in [4.69, 9.17) is 9.47 Å². The summed E-state index contributed by atoms with van der Waals surface area (Å²) >= 11 is 0. The fourth-order valence-corrected chi connectivity index (χ4v) is 2.48. The molecular weight excluding hydrogens is 326 g/mol. The van der Waals surface area contributed by atoms with E-state index in [1.807, 2.05) is 0 Å². The zero-order valence-electron chi connectivity index (χ0n) is 14.4. The summed E-state index contributed by atoms with van der Waals surface area (Å²) in [6, 6.07) is 5.79. The number of benzene rings is 1. The minimum Gasteiger partial charge on any atom is -0.497 e. The Bertz CT molecular complexity index is 617. The molecule has 4 amide bonds. The van der Waals surface area contributed by atoms with E-state index in [0.717, 1.165) is 10.5 Å². The number of carbonyl (C=O) groups excluding carboxylic acids is 3. The molecule has 25 heavy (non-hydrogen) atoms. The second-order valence-electron chi connectivity index (χ2n) is 5.67. The highest BCUT2D eigenvalue weighted by molar-refractivity contribution is 6.05. The van der Waals surface area contributed by atoms with Gasteiger partial charge in [0.2, 0.25) is 5.91 Å². The summed E-state index contributed by atoms with van der Waals surface area (Å²) in [5, 5.41) is 5.26. The summed E-state index contributed by atoms with van der Waals surface area (Å²) in [6.07, 6.45) is 0.619. The monoisotopic (exact) mass is 349 g/mol. The Balaban J connectivity index is 1.87. The Kier molecular flexibility index (Phi) is 6.76. The molecule has 0 saturated carbocycles. The summed E-state index contributed by atoms with van der Waals surface area (Å²) in [7, 11) is 3.16. The van der Waals surface area contributed by atoms with E-state index in [9.17, 15) is 14.4 Å². The van der Waals surface area contributed by atoms with Crippen molar-refractivity contribution >= 4 is 17.8 Å². The van der Waals surface area contributed by atoms with E-state index in [1.165, 1.54) is 0 Å². The molecule has 0 aliphatic carbocycles. The highest BCUT2D eigenvalue weighted by Gasteiger charge is 2.38. The number of hydrogen-bond acceptors (Lipinski definition) is 5. The number of amides is 4. The first kappa shape index (κ1) is 18.7. The third-order valence-electron chi connectivity index (χ3n) is 3.84. The van der Waals surface area contributed by atoms with E-state index in [-0.39, 0.29) is 18.9 Å². The Morgan fingerprint density at radius 3 is 2.60 bits per heavy atom. The van der Waals surface area contributed by atoms with Crippen LogP contribution < -0.4 is 15.4 Å². The van der Waals surface area contributed by atoms with Gasteiger partial charge in [-0.1, -0.05) is 12.1 Å². The smallest absolute Gasteiger partial charge is 0.325 e. The SMILES string of the molecule is COCCCNC(=O)C[C@H]1NC(=O)N(Cc2ccc(OC)cc2)C1=O. The van der Waals surface area contributed by atoms with Crippen LogP contribution in [0.1, 0.15) is 18.4 Å². The number of rotatable bonds is 9. The van der Waals surface area contributed by atoms with Gasteiger partial charge < -0.3 is 20.1 Å². The van der Waals surface area contributed by atoms with Gasteiger partial charge in [-0.15, -0.1) is 0 Å². The molecule has 1 aromatic carbocycles. The van der Waals surface area contributed by atoms with Crippen molar-refractivity contribution in [3.63, 3.8) is 0 Å². The predicted molar refractivity (Wildman–Crippen MR) is 90.0 cm³/mol. The molecule has 1 heterocycles. The van der Waals surface area contributed by atoms with Crippen LogP contribution in [-0.4, -0.2) is 56.2 Å². The van der Waals surface area contributed by atoms with Gasteiger partial charge in [0.1, 0.15) is 11.8 Å². The lowest BCUT2D eigenvalue weighted by molar-refractivity contribution is -0.131. The van der Waals surface area contributed by atoms with Gasteiger partial charge in [0.05, 0.1) is 20.1 Å². The third kappa shape index (κ3) is 5.18. The van der Waals surface area contributed by atoms with E-state index < -0.39 is 18.0 Å². The second kappa shape index (κ2) is 9.03. The van der Waals surface area contributed by atoms with Crippen LogP contribution in [0.15, 0.2) is 24.3 Å². The number of hydrogen-bond donors (Lipinski definition) is 2. The Labute approximate surface area is 146 Å². The molecular formula is C17H23N3O5. The van der Waals surface area contributed by atoms with Crippen LogP contribution in [0.5, 0.6) is 5.75 Å². The molecule has 0 spiro atoms. The number of ether oxygens (including phenoxy) is 2. The Morgan fingerprint density at radius 1 is 1.24 bits per heavy atom. The topological polar surface area (TPSA) is 97.0 Å². The fraction of sp³-hybridized carbons (Fsp3) is 0.471. The van der Waals surface area contributed by atoms with Gasteiger partial charge in [-0.2, -0.15) is 0 Å². The van der Waals surface area contributed by atoms with E-state index in [0.29, 0.717) is 25.3 Å². The number of nitrogens with zero attached hydrogens (tertiary/aromatic N) is 1. The molecule has 1 atom stereocenters. The Morgan fingerprint density at radius 2 is 1.96 bits per heavy atom. The predicted octanol–water partition coefficient (Wildman–Crippen LogP) is 0.658. The molecule has 1 aliphatic rings. The normalized spacial score (nSPS) is 16.7. The van der Waals surface area contributed by atoms with Crippen LogP contribution in [0.3, 0.4) is 0 Å². The molecule has 2 rings (SSSR count). The van der Waals surface area contributed by atoms with Gasteiger partial charge in [0.15, 0.2) is 0 Å². The van der Waals surface area contributed by atoms with Crippen molar-refractivity contribution in [2.75, 3.05) is 27.4 Å². The molecule has 0 bridgehead atoms. The van der Waals surface area contributed by atoms with Crippen LogP contribution in [0.4, 0.5) is 4.79 Å². The van der Waals surface area contributed by atoms with Crippen molar-refractivity contribution in [3.8, 4) is 5.75 Å². The molecule has 1 saturated heterocycles. The zero-order chi connectivity index (χ0) is 18.2. The number of carbonyl (C=O) groups is 3. The first-order chi connectivity index (χ1) is 12.0. The van der Waals surface area contributed by atoms with Crippen molar-refractivity contribution in [1.82, 2.24) is 15.5 Å². The number of urea groups is 1. The quantitative estimate of drug-likeness (QED) is 0.504. The van der Waals surface area contributed by atoms with Crippen LogP contribution in [-0.2, 0) is 20.9 Å². The molecule has 0 unspecified atom stereocenters. The average Bonchev–Trinajstić information content (AvgIpc) is 2.87. The number of nitrogens with one attached hydrogen (secondary N) is 2. The fourth-order valence-electron chi connectivity index (χ4n) is 2.48. The summed E-state index contributed by atoms with van der Waals surface area (Å²) < 4.78 is 9.97. The minimum absolute atomic E-state index is 0.0727. The van der Waals surface area contributed by atoms with Gasteiger partial charge in [0.25, 0.3) is 5.91 Å². The molecule has 8 nitrogen and oxygen atoms in total. The molecule has 8 heteroatoms. The lowest BCUT2D eigenvalue weighted by Crippen LogP contribution is -2.37. The average molecular weight is 349 g/mol. The highest BCUT2D eigenvalue weighted by Crippen LogP contribution is 2.16. The van der Waals surface area contributed by atoms with Gasteiger partial charge in [-0.05, 0) is 24.1 Å². The minimum atomic E-state index is -0.826. The van der Waals surface area contributed by atoms with E-state index in [2.05, 4.69) is 10.6 Å². The van der Waals surface area contributed by atoms with Crippen molar-refractivity contribution in [2.24, 2.45) is 0 Å². The molecule has 1 aliphatic heterocycles. The molecule has 0 aromatic heterocycles. The van der Waals surface area contributed by atoms with E-state index >= 15 is 0 Å². The molecule has 136 valence electrons. The summed E-state index contributed by atoms with van der Waals surface area (Å²) in [5.74, 6) is 0.0258. The van der Waals surface area contributed by atoms with Crippen LogP contribution >= 0.6 is 0 Å². The van der Waals surface area contributed by atoms with Crippen molar-refractivity contribution in [3.05, 3.63) is 29.8 Å². The number of methoxy groups -OCH3 is 2. The van der Waals surface area contributed by atoms with Gasteiger partial charge in [-0.25, -0.2) is 4.79 Å². The molecule has 2 N–H and O–H groups in total. The third-order valence-corrected chi connectivity index (χ3v) is 3.84. The standard InChI is InChI=1S/C17H23N3O5/c1-24-9-3-8-18-15(21)10-14-16(22)20(17(23)19-14)11-12-4-6-13(25-2)7-5-12/h4-7,14H,3,8-11H2,1-2H3,(H,18,21)(H,19,23)/t14-/m1/s1. The largest absolute Gasteiger partial charge is 0.497 e. The van der Waals surface area contributed by atoms with Crippen molar-refractivity contribution in [2.45, 2.75) is 25.4 Å². The maximum Gasteiger partial charge on any atom is 0.325 e. The summed E-state index contributed by atoms with van der Waals surface area (Å²) in [5.41, 5.74) is 0.800. The second-order valence-corrected chi connectivity index (χ2v) is 5.67. The van der Waals surface area contributed by atoms with Crippen LogP contribution in [0.25, 0.3) is 0 Å². The van der Waals surface area contributed by atoms with Crippen molar-refractivity contribution in [1.29, 1.82) is 0 Å². The maximum atomic E-state index is 12.4. The molecule has 1 aromatic rings. The first-order valence-electron chi connectivity index (χ1n) is 8.05. The summed E-state index contributed by atoms with van der Waals surface area (Å²) in [4.78, 5) is 37.4. The van der Waals surface area contributed by atoms with Gasteiger partial charge in [-0.3, -0.25) is 14.5 Å². The zero-order valence-corrected chi connectivity index (χ0v) is 14.4. The summed E-state index contributed by atoms with van der Waals surface area (Å²) in [6.45, 7) is 1.17. The van der Waals surface area contributed by atoms with E-state index in [1.54, 1.807) is 38.5 Å². The van der Waals surface area contributed by atoms with Crippen LogP contribution in [0, 0.1) is 0 Å². The number of imide groups is 1. The molecule has 1 fully saturated rings. The lowest BCUT2D eigenvalue weighted by Gasteiger charge is -2.13. The Hall–Kier alpha value is -2.61. The van der Waals surface area contributed by atoms with Crippen molar-refractivity contribution < 1.29 is 23.9 Å². The maximum absolute atomic E-state index is 12.4. The highest BCUT2D eigenvalue weighted by atomic mass is 16.5. The molecule has 0 radical (unpaired) electrons. The van der Waals surface area contributed by atoms with Gasteiger partial charge >= 0.3 is 6.03 Å². The van der Waals surface area contributed by atoms with Gasteiger partial charge in [0, 0.05) is 20.3 Å². The lowest BCUT2D eigenvalue weighted by atomic mass is 10.1. The first-order valence-corrected chi connectivity index (χ1v) is 8.05. The van der Waals surface area contributed by atoms with Crippen LogP contribution in [0.2, 0.25) is 0 Å².